The lowest BCUT2D eigenvalue weighted by Gasteiger charge is -1.80. The van der Waals surface area contributed by atoms with Gasteiger partial charge >= 0.3 is 6.01 Å². The van der Waals surface area contributed by atoms with Crippen LogP contribution in [0.15, 0.2) is 27.3 Å². The number of furan rings is 1. The van der Waals surface area contributed by atoms with Crippen molar-refractivity contribution in [3.05, 3.63) is 18.4 Å². The normalized spacial score (nSPS) is 10.2. The maximum Gasteiger partial charge on any atom is 0.319 e. The van der Waals surface area contributed by atoms with E-state index in [-0.39, 0.29) is 6.01 Å². The van der Waals surface area contributed by atoms with Crippen molar-refractivity contribution in [1.29, 1.82) is 0 Å². The second-order valence-corrected chi connectivity index (χ2v) is 1.93. The Kier molecular flexibility index (Phi) is 1.15. The van der Waals surface area contributed by atoms with Crippen LogP contribution >= 0.6 is 0 Å². The predicted octanol–water partition coefficient (Wildman–Crippen LogP) is 0.912. The molecule has 11 heavy (non-hydrogen) atoms. The van der Waals surface area contributed by atoms with E-state index in [1.54, 1.807) is 12.1 Å². The van der Waals surface area contributed by atoms with E-state index in [4.69, 9.17) is 10.2 Å². The van der Waals surface area contributed by atoms with Gasteiger partial charge < -0.3 is 14.7 Å². The summed E-state index contributed by atoms with van der Waals surface area (Å²) in [4.78, 5) is 3.76. The molecular formula is C6H5N3O2. The maximum absolute atomic E-state index is 5.20. The molecule has 2 heterocycles. The predicted molar refractivity (Wildman–Crippen MR) is 36.4 cm³/mol. The smallest absolute Gasteiger partial charge is 0.319 e. The van der Waals surface area contributed by atoms with E-state index in [1.165, 1.54) is 6.26 Å². The van der Waals surface area contributed by atoms with Gasteiger partial charge in [-0.05, 0) is 12.1 Å². The van der Waals surface area contributed by atoms with Gasteiger partial charge in [-0.15, -0.1) is 0 Å². The zero-order chi connectivity index (χ0) is 7.68. The summed E-state index contributed by atoms with van der Waals surface area (Å²) in [6.07, 6.45) is 1.53. The van der Waals surface area contributed by atoms with Crippen LogP contribution in [0.1, 0.15) is 0 Å². The van der Waals surface area contributed by atoms with Crippen LogP contribution in [0.3, 0.4) is 0 Å². The highest BCUT2D eigenvalue weighted by molar-refractivity contribution is 5.46. The number of hydrogen-bond acceptors (Lipinski definition) is 5. The fourth-order valence-electron chi connectivity index (χ4n) is 0.741. The lowest BCUT2D eigenvalue weighted by molar-refractivity contribution is 0.434. The average molecular weight is 151 g/mol. The maximum atomic E-state index is 5.20. The van der Waals surface area contributed by atoms with Crippen LogP contribution in [0.25, 0.3) is 11.6 Å². The van der Waals surface area contributed by atoms with Crippen LogP contribution in [0.2, 0.25) is 0 Å². The first-order chi connectivity index (χ1) is 5.36. The summed E-state index contributed by atoms with van der Waals surface area (Å²) in [5.74, 6) is 0.915. The molecule has 5 heteroatoms. The Morgan fingerprint density at radius 2 is 2.36 bits per heavy atom. The second kappa shape index (κ2) is 2.12. The van der Waals surface area contributed by atoms with Crippen molar-refractivity contribution >= 4 is 6.01 Å². The molecule has 0 radical (unpaired) electrons. The molecule has 2 aromatic heterocycles. The molecule has 0 aliphatic carbocycles. The van der Waals surface area contributed by atoms with Crippen molar-refractivity contribution in [1.82, 2.24) is 10.1 Å². The standard InChI is InChI=1S/C6H5N3O2/c7-6-8-5(9-11-6)4-2-1-3-10-4/h1-3H,(H2,7,8,9). The number of aromatic nitrogens is 2. The topological polar surface area (TPSA) is 78.1 Å². The largest absolute Gasteiger partial charge is 0.461 e. The Balaban J connectivity index is 2.45. The monoisotopic (exact) mass is 151 g/mol. The van der Waals surface area contributed by atoms with Gasteiger partial charge in [-0.25, -0.2) is 0 Å². The lowest BCUT2D eigenvalue weighted by atomic mass is 10.4. The molecule has 2 aromatic rings. The van der Waals surface area contributed by atoms with Crippen LogP contribution in [0, 0.1) is 0 Å². The lowest BCUT2D eigenvalue weighted by Crippen LogP contribution is -1.82. The molecule has 56 valence electrons. The molecule has 0 aliphatic rings. The summed E-state index contributed by atoms with van der Waals surface area (Å²) < 4.78 is 9.54. The molecule has 0 aliphatic heterocycles. The van der Waals surface area contributed by atoms with Crippen molar-refractivity contribution < 1.29 is 8.94 Å². The first kappa shape index (κ1) is 5.96. The van der Waals surface area contributed by atoms with Crippen LogP contribution in [-0.2, 0) is 0 Å². The molecule has 0 saturated heterocycles. The molecule has 2 N–H and O–H groups in total. The van der Waals surface area contributed by atoms with Gasteiger partial charge in [0.2, 0.25) is 5.82 Å². The third-order valence-corrected chi connectivity index (χ3v) is 1.18. The quantitative estimate of drug-likeness (QED) is 0.655. The molecule has 0 unspecified atom stereocenters. The number of anilines is 1. The number of nitrogens with zero attached hydrogens (tertiary/aromatic N) is 2. The number of hydrogen-bond donors (Lipinski definition) is 1. The second-order valence-electron chi connectivity index (χ2n) is 1.93. The molecular weight excluding hydrogens is 146 g/mol. The number of nitrogens with two attached hydrogens (primary N) is 1. The van der Waals surface area contributed by atoms with Crippen molar-refractivity contribution in [3.63, 3.8) is 0 Å². The summed E-state index contributed by atoms with van der Waals surface area (Å²) >= 11 is 0. The molecule has 0 atom stereocenters. The minimum absolute atomic E-state index is 0.0383. The minimum Gasteiger partial charge on any atom is -0.461 e. The fourth-order valence-corrected chi connectivity index (χ4v) is 0.741. The van der Waals surface area contributed by atoms with E-state index in [1.807, 2.05) is 0 Å². The van der Waals surface area contributed by atoms with Gasteiger partial charge in [-0.3, -0.25) is 0 Å². The van der Waals surface area contributed by atoms with Crippen LogP contribution in [0.4, 0.5) is 6.01 Å². The summed E-state index contributed by atoms with van der Waals surface area (Å²) in [7, 11) is 0. The van der Waals surface area contributed by atoms with Gasteiger partial charge in [0.15, 0.2) is 5.76 Å². The summed E-state index contributed by atoms with van der Waals surface area (Å²) in [5.41, 5.74) is 5.20. The summed E-state index contributed by atoms with van der Waals surface area (Å²) in [6.45, 7) is 0. The summed E-state index contributed by atoms with van der Waals surface area (Å²) in [6, 6.07) is 3.50. The molecule has 0 spiro atoms. The SMILES string of the molecule is Nc1nc(-c2ccco2)no1. The fraction of sp³-hybridized carbons (Fsp3) is 0. The summed E-state index contributed by atoms with van der Waals surface area (Å²) in [5, 5.41) is 3.55. The van der Waals surface area contributed by atoms with Crippen LogP contribution in [0.5, 0.6) is 0 Å². The molecule has 5 nitrogen and oxygen atoms in total. The first-order valence-corrected chi connectivity index (χ1v) is 2.99. The molecule has 0 fully saturated rings. The van der Waals surface area contributed by atoms with E-state index in [0.717, 1.165) is 0 Å². The van der Waals surface area contributed by atoms with Crippen LogP contribution in [-0.4, -0.2) is 10.1 Å². The zero-order valence-electron chi connectivity index (χ0n) is 5.52. The van der Waals surface area contributed by atoms with Gasteiger partial charge in [0.25, 0.3) is 0 Å². The molecule has 0 saturated carbocycles. The Morgan fingerprint density at radius 1 is 1.45 bits per heavy atom. The highest BCUT2D eigenvalue weighted by Crippen LogP contribution is 2.15. The highest BCUT2D eigenvalue weighted by Gasteiger charge is 2.07. The van der Waals surface area contributed by atoms with E-state index < -0.39 is 0 Å². The molecule has 0 amide bonds. The Hall–Kier alpha value is -1.78. The van der Waals surface area contributed by atoms with Gasteiger partial charge in [-0.2, -0.15) is 4.98 Å². The van der Waals surface area contributed by atoms with Crippen molar-refractivity contribution in [3.8, 4) is 11.6 Å². The average Bonchev–Trinajstić information content (AvgIpc) is 2.55. The van der Waals surface area contributed by atoms with E-state index in [0.29, 0.717) is 11.6 Å². The van der Waals surface area contributed by atoms with Gasteiger partial charge in [-0.1, -0.05) is 5.16 Å². The van der Waals surface area contributed by atoms with Crippen molar-refractivity contribution in [2.45, 2.75) is 0 Å². The van der Waals surface area contributed by atoms with Gasteiger partial charge in [0.05, 0.1) is 6.26 Å². The third kappa shape index (κ3) is 0.958. The van der Waals surface area contributed by atoms with E-state index in [2.05, 4.69) is 14.7 Å². The Bertz CT molecular complexity index is 338. The first-order valence-electron chi connectivity index (χ1n) is 2.99. The number of nitrogen functional groups attached to an aromatic ring is 1. The van der Waals surface area contributed by atoms with E-state index in [9.17, 15) is 0 Å². The molecule has 2 rings (SSSR count). The van der Waals surface area contributed by atoms with Crippen LogP contribution < -0.4 is 5.73 Å². The van der Waals surface area contributed by atoms with Gasteiger partial charge in [0, 0.05) is 0 Å². The highest BCUT2D eigenvalue weighted by atomic mass is 16.5. The number of rotatable bonds is 1. The van der Waals surface area contributed by atoms with E-state index >= 15 is 0 Å². The van der Waals surface area contributed by atoms with Crippen molar-refractivity contribution in [2.75, 3.05) is 5.73 Å². The molecule has 0 aromatic carbocycles. The van der Waals surface area contributed by atoms with Gasteiger partial charge in [0.1, 0.15) is 0 Å². The van der Waals surface area contributed by atoms with Crippen molar-refractivity contribution in [2.24, 2.45) is 0 Å². The Labute approximate surface area is 61.8 Å². The third-order valence-electron chi connectivity index (χ3n) is 1.18. The minimum atomic E-state index is 0.0383. The Morgan fingerprint density at radius 3 is 2.91 bits per heavy atom. The molecule has 0 bridgehead atoms. The zero-order valence-corrected chi connectivity index (χ0v) is 5.52.